The van der Waals surface area contributed by atoms with E-state index in [1.54, 1.807) is 0 Å². The van der Waals surface area contributed by atoms with Crippen LogP contribution in [0.2, 0.25) is 0 Å². The summed E-state index contributed by atoms with van der Waals surface area (Å²) in [6, 6.07) is 13.3. The summed E-state index contributed by atoms with van der Waals surface area (Å²) in [6.07, 6.45) is 12.0. The lowest BCUT2D eigenvalue weighted by Gasteiger charge is -2.22. The van der Waals surface area contributed by atoms with Crippen LogP contribution in [-0.4, -0.2) is 0 Å². The molecule has 2 aromatic carbocycles. The summed E-state index contributed by atoms with van der Waals surface area (Å²) >= 11 is 0. The van der Waals surface area contributed by atoms with Gasteiger partial charge in [-0.25, -0.2) is 0 Å². The van der Waals surface area contributed by atoms with E-state index in [0.717, 1.165) is 5.92 Å². The molecule has 2 aliphatic rings. The van der Waals surface area contributed by atoms with E-state index in [4.69, 9.17) is 0 Å². The fraction of sp³-hybridized carbons (Fsp3) is 0.368. The lowest BCUT2D eigenvalue weighted by molar-refractivity contribution is 0.365. The van der Waals surface area contributed by atoms with Crippen molar-refractivity contribution in [2.24, 2.45) is 5.92 Å². The van der Waals surface area contributed by atoms with Crippen molar-refractivity contribution < 1.29 is 0 Å². The molecule has 19 heavy (non-hydrogen) atoms. The van der Waals surface area contributed by atoms with Gasteiger partial charge in [-0.3, -0.25) is 0 Å². The van der Waals surface area contributed by atoms with Gasteiger partial charge in [0.2, 0.25) is 0 Å². The minimum absolute atomic E-state index is 0.890. The molecule has 0 heteroatoms. The van der Waals surface area contributed by atoms with Crippen LogP contribution in [0.4, 0.5) is 0 Å². The molecule has 0 saturated heterocycles. The van der Waals surface area contributed by atoms with Gasteiger partial charge in [0.05, 0.1) is 0 Å². The molecule has 1 radical (unpaired) electrons. The molecule has 0 N–H and O–H groups in total. The van der Waals surface area contributed by atoms with Gasteiger partial charge in [-0.2, -0.15) is 0 Å². The highest BCUT2D eigenvalue weighted by molar-refractivity contribution is 6.01. The lowest BCUT2D eigenvalue weighted by Crippen LogP contribution is -2.06. The molecule has 0 bridgehead atoms. The largest absolute Gasteiger partial charge is 0.0610 e. The summed E-state index contributed by atoms with van der Waals surface area (Å²) in [5.41, 5.74) is 4.20. The standard InChI is InChI=1S/C19H19/c1-2-6-14(7-3-1)12-17-13-16-10-4-8-15-9-5-11-18(17)19(15)16/h4-5,8-11,14H,1-3,6-7,12H2. The van der Waals surface area contributed by atoms with E-state index >= 15 is 0 Å². The smallest absolute Gasteiger partial charge is 0.00295 e. The van der Waals surface area contributed by atoms with Crippen LogP contribution in [0.25, 0.3) is 16.3 Å². The van der Waals surface area contributed by atoms with E-state index in [-0.39, 0.29) is 0 Å². The van der Waals surface area contributed by atoms with Crippen molar-refractivity contribution in [2.45, 2.75) is 38.5 Å². The van der Waals surface area contributed by atoms with E-state index < -0.39 is 0 Å². The van der Waals surface area contributed by atoms with Crippen LogP contribution in [0.3, 0.4) is 0 Å². The normalized spacial score (nSPS) is 18.8. The summed E-state index contributed by atoms with van der Waals surface area (Å²) in [7, 11) is 0. The van der Waals surface area contributed by atoms with Gasteiger partial charge < -0.3 is 0 Å². The molecule has 0 nitrogen and oxygen atoms in total. The summed E-state index contributed by atoms with van der Waals surface area (Å²) < 4.78 is 0. The summed E-state index contributed by atoms with van der Waals surface area (Å²) in [4.78, 5) is 0. The van der Waals surface area contributed by atoms with Gasteiger partial charge in [-0.05, 0) is 45.9 Å². The SMILES string of the molecule is [C]1=C(CC2CCCCC2)c2cccc3cccc1c23. The molecule has 0 heterocycles. The van der Waals surface area contributed by atoms with Crippen molar-refractivity contribution in [3.05, 3.63) is 53.6 Å². The molecular formula is C19H19. The predicted octanol–water partition coefficient (Wildman–Crippen LogP) is 5.36. The highest BCUT2D eigenvalue weighted by Gasteiger charge is 2.21. The quantitative estimate of drug-likeness (QED) is 0.670. The summed E-state index contributed by atoms with van der Waals surface area (Å²) in [5.74, 6) is 0.890. The molecule has 2 aromatic rings. The predicted molar refractivity (Wildman–Crippen MR) is 80.9 cm³/mol. The third-order valence-electron chi connectivity index (χ3n) is 4.73. The zero-order valence-corrected chi connectivity index (χ0v) is 11.3. The van der Waals surface area contributed by atoms with Crippen LogP contribution in [0.1, 0.15) is 49.7 Å². The van der Waals surface area contributed by atoms with Crippen LogP contribution in [-0.2, 0) is 0 Å². The first kappa shape index (κ1) is 11.3. The van der Waals surface area contributed by atoms with Gasteiger partial charge >= 0.3 is 0 Å². The maximum absolute atomic E-state index is 3.67. The Hall–Kier alpha value is -1.56. The van der Waals surface area contributed by atoms with Gasteiger partial charge in [0.25, 0.3) is 0 Å². The second-order valence-corrected chi connectivity index (χ2v) is 6.02. The highest BCUT2D eigenvalue weighted by atomic mass is 14.2. The first-order valence-electron chi connectivity index (χ1n) is 7.57. The fourth-order valence-corrected chi connectivity index (χ4v) is 3.77. The van der Waals surface area contributed by atoms with Crippen molar-refractivity contribution in [2.75, 3.05) is 0 Å². The number of rotatable bonds is 2. The minimum atomic E-state index is 0.890. The zero-order chi connectivity index (χ0) is 12.7. The van der Waals surface area contributed by atoms with Crippen LogP contribution in [0.5, 0.6) is 0 Å². The Labute approximate surface area is 115 Å². The van der Waals surface area contributed by atoms with Crippen molar-refractivity contribution in [1.82, 2.24) is 0 Å². The van der Waals surface area contributed by atoms with E-state index in [1.165, 1.54) is 66.0 Å². The average molecular weight is 247 g/mol. The number of benzene rings is 2. The van der Waals surface area contributed by atoms with Gasteiger partial charge in [0.1, 0.15) is 0 Å². The van der Waals surface area contributed by atoms with Crippen molar-refractivity contribution >= 4 is 16.3 Å². The van der Waals surface area contributed by atoms with Gasteiger partial charge in [-0.15, -0.1) is 0 Å². The molecule has 0 unspecified atom stereocenters. The second kappa shape index (κ2) is 4.52. The van der Waals surface area contributed by atoms with Crippen molar-refractivity contribution in [3.63, 3.8) is 0 Å². The molecule has 0 atom stereocenters. The first-order valence-corrected chi connectivity index (χ1v) is 7.57. The Bertz CT molecular complexity index is 637. The molecule has 1 fully saturated rings. The highest BCUT2D eigenvalue weighted by Crippen LogP contribution is 2.40. The second-order valence-electron chi connectivity index (χ2n) is 6.02. The monoisotopic (exact) mass is 247 g/mol. The Kier molecular flexibility index (Phi) is 2.69. The van der Waals surface area contributed by atoms with Crippen LogP contribution < -0.4 is 0 Å². The van der Waals surface area contributed by atoms with Gasteiger partial charge in [0.15, 0.2) is 0 Å². The van der Waals surface area contributed by atoms with Crippen LogP contribution >= 0.6 is 0 Å². The van der Waals surface area contributed by atoms with Crippen molar-refractivity contribution in [1.29, 1.82) is 0 Å². The third-order valence-corrected chi connectivity index (χ3v) is 4.73. The number of hydrogen-bond donors (Lipinski definition) is 0. The van der Waals surface area contributed by atoms with Crippen LogP contribution in [0.15, 0.2) is 36.4 Å². The van der Waals surface area contributed by atoms with Crippen molar-refractivity contribution in [3.8, 4) is 0 Å². The Morgan fingerprint density at radius 1 is 0.947 bits per heavy atom. The zero-order valence-electron chi connectivity index (χ0n) is 11.3. The molecule has 0 aromatic heterocycles. The molecule has 95 valence electrons. The first-order chi connectivity index (χ1) is 9.42. The van der Waals surface area contributed by atoms with E-state index in [9.17, 15) is 0 Å². The molecule has 0 amide bonds. The summed E-state index contributed by atoms with van der Waals surface area (Å²) in [6.45, 7) is 0. The molecule has 0 aliphatic heterocycles. The van der Waals surface area contributed by atoms with E-state index in [1.807, 2.05) is 0 Å². The molecule has 1 saturated carbocycles. The number of hydrogen-bond acceptors (Lipinski definition) is 0. The average Bonchev–Trinajstić information content (AvgIpc) is 2.81. The Morgan fingerprint density at radius 3 is 2.58 bits per heavy atom. The van der Waals surface area contributed by atoms with Gasteiger partial charge in [-0.1, -0.05) is 68.5 Å². The lowest BCUT2D eigenvalue weighted by atomic mass is 9.83. The third kappa shape index (κ3) is 1.90. The van der Waals surface area contributed by atoms with E-state index in [2.05, 4.69) is 42.5 Å². The maximum Gasteiger partial charge on any atom is -0.00295 e. The molecule has 4 rings (SSSR count). The molecule has 2 aliphatic carbocycles. The Morgan fingerprint density at radius 2 is 1.74 bits per heavy atom. The maximum atomic E-state index is 3.67. The minimum Gasteiger partial charge on any atom is -0.0610 e. The topological polar surface area (TPSA) is 0 Å². The molecular weight excluding hydrogens is 228 g/mol. The fourth-order valence-electron chi connectivity index (χ4n) is 3.77. The summed E-state index contributed by atoms with van der Waals surface area (Å²) in [5, 5.41) is 2.79. The van der Waals surface area contributed by atoms with Crippen LogP contribution in [0, 0.1) is 12.0 Å². The number of allylic oxidation sites excluding steroid dienone is 1. The Balaban J connectivity index is 1.71. The van der Waals surface area contributed by atoms with E-state index in [0.29, 0.717) is 0 Å². The van der Waals surface area contributed by atoms with Gasteiger partial charge in [0, 0.05) is 0 Å². The molecule has 0 spiro atoms.